The van der Waals surface area contributed by atoms with Crippen molar-refractivity contribution in [1.82, 2.24) is 9.38 Å². The molecule has 2 nitrogen and oxygen atoms in total. The number of nitrogens with zero attached hydrogens (tertiary/aromatic N) is 2. The van der Waals surface area contributed by atoms with Gasteiger partial charge in [0.1, 0.15) is 5.65 Å². The highest BCUT2D eigenvalue weighted by molar-refractivity contribution is 5.75. The number of pyridine rings is 1. The van der Waals surface area contributed by atoms with Crippen LogP contribution in [-0.4, -0.2) is 9.38 Å². The molecule has 17 heavy (non-hydrogen) atoms. The van der Waals surface area contributed by atoms with Gasteiger partial charge in [-0.05, 0) is 30.2 Å². The van der Waals surface area contributed by atoms with E-state index in [4.69, 9.17) is 4.98 Å². The van der Waals surface area contributed by atoms with Crippen LogP contribution in [0.3, 0.4) is 0 Å². The lowest BCUT2D eigenvalue weighted by atomic mass is 10.1. The van der Waals surface area contributed by atoms with Gasteiger partial charge in [0.15, 0.2) is 0 Å². The van der Waals surface area contributed by atoms with Gasteiger partial charge in [-0.25, -0.2) is 4.98 Å². The third kappa shape index (κ3) is 1.12. The molecule has 2 aromatic heterocycles. The van der Waals surface area contributed by atoms with E-state index in [9.17, 15) is 0 Å². The summed E-state index contributed by atoms with van der Waals surface area (Å²) in [5.74, 6) is 0. The lowest BCUT2D eigenvalue weighted by molar-refractivity contribution is 1.05. The minimum Gasteiger partial charge on any atom is -0.303 e. The molecule has 0 saturated carbocycles. The molecular weight excluding hydrogens is 208 g/mol. The molecule has 0 radical (unpaired) electrons. The number of aryl methyl sites for hydroxylation is 1. The largest absolute Gasteiger partial charge is 0.303 e. The highest BCUT2D eigenvalue weighted by Crippen LogP contribution is 2.36. The Morgan fingerprint density at radius 3 is 3.00 bits per heavy atom. The molecule has 0 N–H and O–H groups in total. The maximum absolute atomic E-state index is 4.76. The number of imidazole rings is 1. The summed E-state index contributed by atoms with van der Waals surface area (Å²) in [6, 6.07) is 12.8. The zero-order chi connectivity index (χ0) is 11.4. The monoisotopic (exact) mass is 220 g/mol. The van der Waals surface area contributed by atoms with Crippen LogP contribution in [0.1, 0.15) is 16.8 Å². The van der Waals surface area contributed by atoms with Gasteiger partial charge in [0.05, 0.1) is 11.4 Å². The van der Waals surface area contributed by atoms with Crippen LogP contribution < -0.4 is 0 Å². The third-order valence-corrected chi connectivity index (χ3v) is 3.51. The van der Waals surface area contributed by atoms with Crippen LogP contribution >= 0.6 is 0 Å². The number of aromatic nitrogens is 2. The Morgan fingerprint density at radius 1 is 1.18 bits per heavy atom. The fourth-order valence-electron chi connectivity index (χ4n) is 2.67. The van der Waals surface area contributed by atoms with Crippen molar-refractivity contribution < 1.29 is 0 Å². The summed E-state index contributed by atoms with van der Waals surface area (Å²) in [7, 11) is 0. The highest BCUT2D eigenvalue weighted by atomic mass is 15.0. The molecule has 0 saturated heterocycles. The Bertz CT molecular complexity index is 738. The predicted molar refractivity (Wildman–Crippen MR) is 68.2 cm³/mol. The first-order valence-corrected chi connectivity index (χ1v) is 5.89. The molecular formula is C15H12N2. The van der Waals surface area contributed by atoms with Gasteiger partial charge in [0.2, 0.25) is 0 Å². The van der Waals surface area contributed by atoms with E-state index >= 15 is 0 Å². The number of rotatable bonds is 0. The van der Waals surface area contributed by atoms with Gasteiger partial charge in [0.25, 0.3) is 0 Å². The van der Waals surface area contributed by atoms with Crippen LogP contribution in [0.15, 0.2) is 42.6 Å². The summed E-state index contributed by atoms with van der Waals surface area (Å²) in [4.78, 5) is 4.76. The molecule has 0 atom stereocenters. The van der Waals surface area contributed by atoms with E-state index < -0.39 is 0 Å². The topological polar surface area (TPSA) is 17.3 Å². The first kappa shape index (κ1) is 8.99. The lowest BCUT2D eigenvalue weighted by Crippen LogP contribution is -1.91. The molecule has 1 aromatic carbocycles. The lowest BCUT2D eigenvalue weighted by Gasteiger charge is -2.00. The summed E-state index contributed by atoms with van der Waals surface area (Å²) >= 11 is 0. The van der Waals surface area contributed by atoms with Gasteiger partial charge in [-0.1, -0.05) is 24.3 Å². The summed E-state index contributed by atoms with van der Waals surface area (Å²) in [5.41, 5.74) is 7.48. The standard InChI is InChI=1S/C15H12N2/c1-10-6-7-17-13-9-11-4-2-3-5-12(11)15(13)16-14(17)8-10/h2-8H,9H2,1H3. The second kappa shape index (κ2) is 2.98. The highest BCUT2D eigenvalue weighted by Gasteiger charge is 2.23. The predicted octanol–water partition coefficient (Wildman–Crippen LogP) is 3.21. The second-order valence-corrected chi connectivity index (χ2v) is 4.67. The quantitative estimate of drug-likeness (QED) is 0.445. The van der Waals surface area contributed by atoms with Crippen LogP contribution in [0.5, 0.6) is 0 Å². The molecule has 0 bridgehead atoms. The summed E-state index contributed by atoms with van der Waals surface area (Å²) < 4.78 is 2.21. The van der Waals surface area contributed by atoms with Crippen LogP contribution in [0, 0.1) is 6.92 Å². The fourth-order valence-corrected chi connectivity index (χ4v) is 2.67. The Kier molecular flexibility index (Phi) is 1.57. The van der Waals surface area contributed by atoms with Crippen molar-refractivity contribution in [3.05, 3.63) is 59.4 Å². The van der Waals surface area contributed by atoms with Gasteiger partial charge in [-0.2, -0.15) is 0 Å². The van der Waals surface area contributed by atoms with E-state index in [-0.39, 0.29) is 0 Å². The first-order valence-electron chi connectivity index (χ1n) is 5.89. The average Bonchev–Trinajstić information content (AvgIpc) is 2.84. The molecule has 0 fully saturated rings. The van der Waals surface area contributed by atoms with Crippen LogP contribution in [0.2, 0.25) is 0 Å². The maximum atomic E-state index is 4.76. The van der Waals surface area contributed by atoms with E-state index in [1.807, 2.05) is 0 Å². The maximum Gasteiger partial charge on any atom is 0.137 e. The Balaban J connectivity index is 2.08. The second-order valence-electron chi connectivity index (χ2n) is 4.67. The SMILES string of the molecule is Cc1ccn2c3c(nc2c1)-c1ccccc1C3. The van der Waals surface area contributed by atoms with Crippen molar-refractivity contribution in [2.45, 2.75) is 13.3 Å². The van der Waals surface area contributed by atoms with Crippen molar-refractivity contribution >= 4 is 5.65 Å². The van der Waals surface area contributed by atoms with Crippen molar-refractivity contribution in [3.63, 3.8) is 0 Å². The van der Waals surface area contributed by atoms with Gasteiger partial charge in [-0.15, -0.1) is 0 Å². The van der Waals surface area contributed by atoms with E-state index in [1.165, 1.54) is 22.4 Å². The number of fused-ring (bicyclic) bond motifs is 5. The zero-order valence-electron chi connectivity index (χ0n) is 9.64. The summed E-state index contributed by atoms with van der Waals surface area (Å²) in [6.07, 6.45) is 3.12. The molecule has 0 aliphatic heterocycles. The van der Waals surface area contributed by atoms with E-state index in [0.717, 1.165) is 17.8 Å². The molecule has 0 amide bonds. The smallest absolute Gasteiger partial charge is 0.137 e. The normalized spacial score (nSPS) is 12.8. The fraction of sp³-hybridized carbons (Fsp3) is 0.133. The number of benzene rings is 1. The van der Waals surface area contributed by atoms with Gasteiger partial charge >= 0.3 is 0 Å². The summed E-state index contributed by atoms with van der Waals surface area (Å²) in [6.45, 7) is 2.10. The molecule has 1 aliphatic carbocycles. The molecule has 0 spiro atoms. The molecule has 2 heterocycles. The zero-order valence-corrected chi connectivity index (χ0v) is 9.64. The van der Waals surface area contributed by atoms with Crippen molar-refractivity contribution in [3.8, 4) is 11.3 Å². The number of hydrogen-bond acceptors (Lipinski definition) is 1. The van der Waals surface area contributed by atoms with Crippen LogP contribution in [-0.2, 0) is 6.42 Å². The minimum atomic E-state index is 0.996. The van der Waals surface area contributed by atoms with Crippen LogP contribution in [0.4, 0.5) is 0 Å². The molecule has 0 unspecified atom stereocenters. The third-order valence-electron chi connectivity index (χ3n) is 3.51. The first-order chi connectivity index (χ1) is 8.33. The average molecular weight is 220 g/mol. The minimum absolute atomic E-state index is 0.996. The Labute approximate surface area is 99.6 Å². The molecule has 1 aliphatic rings. The molecule has 82 valence electrons. The van der Waals surface area contributed by atoms with Crippen molar-refractivity contribution in [1.29, 1.82) is 0 Å². The molecule has 4 rings (SSSR count). The van der Waals surface area contributed by atoms with Gasteiger partial charge in [0, 0.05) is 18.2 Å². The van der Waals surface area contributed by atoms with Gasteiger partial charge in [-0.3, -0.25) is 0 Å². The van der Waals surface area contributed by atoms with E-state index in [1.54, 1.807) is 0 Å². The Morgan fingerprint density at radius 2 is 2.06 bits per heavy atom. The van der Waals surface area contributed by atoms with Gasteiger partial charge < -0.3 is 4.40 Å². The molecule has 2 heteroatoms. The van der Waals surface area contributed by atoms with E-state index in [2.05, 4.69) is 53.9 Å². The van der Waals surface area contributed by atoms with Crippen molar-refractivity contribution in [2.24, 2.45) is 0 Å². The van der Waals surface area contributed by atoms with E-state index in [0.29, 0.717) is 0 Å². The molecule has 3 aromatic rings. The van der Waals surface area contributed by atoms with Crippen molar-refractivity contribution in [2.75, 3.05) is 0 Å². The Hall–Kier alpha value is -2.09. The summed E-state index contributed by atoms with van der Waals surface area (Å²) in [5, 5.41) is 0. The van der Waals surface area contributed by atoms with Crippen LogP contribution in [0.25, 0.3) is 16.9 Å². The number of hydrogen-bond donors (Lipinski definition) is 0.